The SMILES string of the molecule is CC1CCCC1C(=O)N1CCCC(CC(=O)O)C1. The first-order valence-electron chi connectivity index (χ1n) is 7.08. The lowest BCUT2D eigenvalue weighted by molar-refractivity contribution is -0.142. The van der Waals surface area contributed by atoms with Crippen LogP contribution in [0.1, 0.15) is 45.4 Å². The van der Waals surface area contributed by atoms with Crippen molar-refractivity contribution in [1.29, 1.82) is 0 Å². The molecule has 2 aliphatic rings. The Kier molecular flexibility index (Phi) is 4.25. The van der Waals surface area contributed by atoms with E-state index in [4.69, 9.17) is 5.11 Å². The predicted octanol–water partition coefficient (Wildman–Crippen LogP) is 2.14. The van der Waals surface area contributed by atoms with E-state index in [2.05, 4.69) is 6.92 Å². The minimum Gasteiger partial charge on any atom is -0.481 e. The Labute approximate surface area is 108 Å². The zero-order valence-corrected chi connectivity index (χ0v) is 11.1. The summed E-state index contributed by atoms with van der Waals surface area (Å²) in [6, 6.07) is 0. The van der Waals surface area contributed by atoms with Gasteiger partial charge in [0.2, 0.25) is 5.91 Å². The molecule has 1 N–H and O–H groups in total. The molecule has 3 atom stereocenters. The Balaban J connectivity index is 1.91. The first-order valence-corrected chi connectivity index (χ1v) is 7.08. The molecule has 1 aliphatic heterocycles. The molecule has 2 fully saturated rings. The number of hydrogen-bond donors (Lipinski definition) is 1. The smallest absolute Gasteiger partial charge is 0.303 e. The van der Waals surface area contributed by atoms with Crippen molar-refractivity contribution < 1.29 is 14.7 Å². The largest absolute Gasteiger partial charge is 0.481 e. The van der Waals surface area contributed by atoms with E-state index in [-0.39, 0.29) is 24.2 Å². The highest BCUT2D eigenvalue weighted by Gasteiger charge is 2.34. The number of carbonyl (C=O) groups is 2. The summed E-state index contributed by atoms with van der Waals surface area (Å²) in [5.41, 5.74) is 0. The highest BCUT2D eigenvalue weighted by molar-refractivity contribution is 5.79. The van der Waals surface area contributed by atoms with E-state index in [0.717, 1.165) is 38.6 Å². The standard InChI is InChI=1S/C14H23NO3/c1-10-4-2-6-12(10)14(18)15-7-3-5-11(9-15)8-13(16)17/h10-12H,2-9H2,1H3,(H,16,17). The summed E-state index contributed by atoms with van der Waals surface area (Å²) in [7, 11) is 0. The molecule has 102 valence electrons. The van der Waals surface area contributed by atoms with Crippen molar-refractivity contribution in [3.05, 3.63) is 0 Å². The maximum atomic E-state index is 12.4. The molecule has 1 saturated heterocycles. The first kappa shape index (κ1) is 13.4. The molecule has 1 aliphatic carbocycles. The number of carbonyl (C=O) groups excluding carboxylic acids is 1. The molecular formula is C14H23NO3. The molecule has 4 nitrogen and oxygen atoms in total. The Bertz CT molecular complexity index is 329. The van der Waals surface area contributed by atoms with E-state index in [1.54, 1.807) is 0 Å². The second-order valence-electron chi connectivity index (χ2n) is 5.91. The minimum absolute atomic E-state index is 0.150. The summed E-state index contributed by atoms with van der Waals surface area (Å²) in [6.45, 7) is 3.63. The fourth-order valence-electron chi connectivity index (χ4n) is 3.43. The summed E-state index contributed by atoms with van der Waals surface area (Å²) in [4.78, 5) is 25.1. The van der Waals surface area contributed by atoms with E-state index in [0.29, 0.717) is 12.5 Å². The van der Waals surface area contributed by atoms with Crippen molar-refractivity contribution in [3.63, 3.8) is 0 Å². The average molecular weight is 253 g/mol. The number of carboxylic acid groups (broad SMARTS) is 1. The van der Waals surface area contributed by atoms with Crippen LogP contribution >= 0.6 is 0 Å². The maximum absolute atomic E-state index is 12.4. The molecule has 18 heavy (non-hydrogen) atoms. The van der Waals surface area contributed by atoms with E-state index in [1.165, 1.54) is 0 Å². The molecule has 0 bridgehead atoms. The van der Waals surface area contributed by atoms with Gasteiger partial charge in [-0.1, -0.05) is 13.3 Å². The van der Waals surface area contributed by atoms with Crippen LogP contribution in [0.25, 0.3) is 0 Å². The molecular weight excluding hydrogens is 230 g/mol. The lowest BCUT2D eigenvalue weighted by Crippen LogP contribution is -2.44. The fourth-order valence-corrected chi connectivity index (χ4v) is 3.43. The molecule has 0 aromatic rings. The second kappa shape index (κ2) is 5.72. The molecule has 1 amide bonds. The number of nitrogens with zero attached hydrogens (tertiary/aromatic N) is 1. The molecule has 3 unspecified atom stereocenters. The lowest BCUT2D eigenvalue weighted by Gasteiger charge is -2.34. The molecule has 0 spiro atoms. The van der Waals surface area contributed by atoms with E-state index >= 15 is 0 Å². The normalized spacial score (nSPS) is 32.5. The van der Waals surface area contributed by atoms with Gasteiger partial charge in [0.1, 0.15) is 0 Å². The number of carboxylic acids is 1. The van der Waals surface area contributed by atoms with Gasteiger partial charge in [-0.3, -0.25) is 9.59 Å². The molecule has 2 rings (SSSR count). The van der Waals surface area contributed by atoms with Crippen LogP contribution in [-0.4, -0.2) is 35.0 Å². The lowest BCUT2D eigenvalue weighted by atomic mass is 9.91. The number of hydrogen-bond acceptors (Lipinski definition) is 2. The van der Waals surface area contributed by atoms with Crippen molar-refractivity contribution in [1.82, 2.24) is 4.90 Å². The first-order chi connectivity index (χ1) is 8.58. The van der Waals surface area contributed by atoms with Gasteiger partial charge < -0.3 is 10.0 Å². The van der Waals surface area contributed by atoms with Gasteiger partial charge in [0.25, 0.3) is 0 Å². The number of piperidine rings is 1. The van der Waals surface area contributed by atoms with Gasteiger partial charge in [-0.2, -0.15) is 0 Å². The molecule has 1 saturated carbocycles. The van der Waals surface area contributed by atoms with Gasteiger partial charge >= 0.3 is 5.97 Å². The van der Waals surface area contributed by atoms with Gasteiger partial charge in [0, 0.05) is 25.4 Å². The molecule has 0 aromatic carbocycles. The number of aliphatic carboxylic acids is 1. The molecule has 4 heteroatoms. The topological polar surface area (TPSA) is 57.6 Å². The zero-order valence-electron chi connectivity index (χ0n) is 11.1. The minimum atomic E-state index is -0.747. The number of likely N-dealkylation sites (tertiary alicyclic amines) is 1. The Morgan fingerprint density at radius 2 is 2.00 bits per heavy atom. The monoisotopic (exact) mass is 253 g/mol. The quantitative estimate of drug-likeness (QED) is 0.838. The van der Waals surface area contributed by atoms with Crippen molar-refractivity contribution in [3.8, 4) is 0 Å². The Morgan fingerprint density at radius 1 is 1.22 bits per heavy atom. The summed E-state index contributed by atoms with van der Waals surface area (Å²) >= 11 is 0. The molecule has 0 radical (unpaired) electrons. The summed E-state index contributed by atoms with van der Waals surface area (Å²) < 4.78 is 0. The average Bonchev–Trinajstić information content (AvgIpc) is 2.74. The van der Waals surface area contributed by atoms with Crippen LogP contribution in [0, 0.1) is 17.8 Å². The van der Waals surface area contributed by atoms with Gasteiger partial charge in [-0.05, 0) is 37.5 Å². The van der Waals surface area contributed by atoms with Crippen molar-refractivity contribution in [2.45, 2.75) is 45.4 Å². The van der Waals surface area contributed by atoms with Gasteiger partial charge in [0.15, 0.2) is 0 Å². The predicted molar refractivity (Wildman–Crippen MR) is 68.1 cm³/mol. The zero-order chi connectivity index (χ0) is 13.1. The Hall–Kier alpha value is -1.06. The van der Waals surface area contributed by atoms with Crippen LogP contribution < -0.4 is 0 Å². The van der Waals surface area contributed by atoms with E-state index in [1.807, 2.05) is 4.90 Å². The van der Waals surface area contributed by atoms with Crippen molar-refractivity contribution in [2.24, 2.45) is 17.8 Å². The third-order valence-electron chi connectivity index (χ3n) is 4.47. The third-order valence-corrected chi connectivity index (χ3v) is 4.47. The van der Waals surface area contributed by atoms with Gasteiger partial charge in [-0.15, -0.1) is 0 Å². The van der Waals surface area contributed by atoms with Crippen LogP contribution in [-0.2, 0) is 9.59 Å². The second-order valence-corrected chi connectivity index (χ2v) is 5.91. The molecule has 1 heterocycles. The van der Waals surface area contributed by atoms with Crippen molar-refractivity contribution >= 4 is 11.9 Å². The summed E-state index contributed by atoms with van der Waals surface area (Å²) in [5.74, 6) is 0.362. The van der Waals surface area contributed by atoms with Gasteiger partial charge in [0.05, 0.1) is 0 Å². The van der Waals surface area contributed by atoms with Crippen LogP contribution in [0.3, 0.4) is 0 Å². The number of rotatable bonds is 3. The summed E-state index contributed by atoms with van der Waals surface area (Å²) in [5, 5.41) is 8.84. The van der Waals surface area contributed by atoms with Crippen molar-refractivity contribution in [2.75, 3.05) is 13.1 Å². The van der Waals surface area contributed by atoms with Gasteiger partial charge in [-0.25, -0.2) is 0 Å². The van der Waals surface area contributed by atoms with E-state index < -0.39 is 5.97 Å². The van der Waals surface area contributed by atoms with Crippen LogP contribution in [0.2, 0.25) is 0 Å². The number of amides is 1. The van der Waals surface area contributed by atoms with Crippen LogP contribution in [0.4, 0.5) is 0 Å². The fraction of sp³-hybridized carbons (Fsp3) is 0.857. The summed E-state index contributed by atoms with van der Waals surface area (Å²) in [6.07, 6.45) is 5.41. The van der Waals surface area contributed by atoms with E-state index in [9.17, 15) is 9.59 Å². The van der Waals surface area contributed by atoms with Crippen LogP contribution in [0.15, 0.2) is 0 Å². The van der Waals surface area contributed by atoms with Crippen LogP contribution in [0.5, 0.6) is 0 Å². The highest BCUT2D eigenvalue weighted by Crippen LogP contribution is 2.33. The highest BCUT2D eigenvalue weighted by atomic mass is 16.4. The maximum Gasteiger partial charge on any atom is 0.303 e. The third kappa shape index (κ3) is 3.03. The Morgan fingerprint density at radius 3 is 2.61 bits per heavy atom. The molecule has 0 aromatic heterocycles.